The maximum Gasteiger partial charge on any atom is 0.328 e. The molecule has 12 heteroatoms. The second-order valence-electron chi connectivity index (χ2n) is 9.70. The van der Waals surface area contributed by atoms with Crippen LogP contribution >= 0.6 is 0 Å². The van der Waals surface area contributed by atoms with Gasteiger partial charge in [-0.1, -0.05) is 11.2 Å². The molecule has 0 aliphatic carbocycles. The molecule has 0 saturated carbocycles. The minimum Gasteiger partial charge on any atom is -0.493 e. The highest BCUT2D eigenvalue weighted by atomic mass is 19.1. The summed E-state index contributed by atoms with van der Waals surface area (Å²) >= 11 is 0. The summed E-state index contributed by atoms with van der Waals surface area (Å²) in [6, 6.07) is 10.2. The zero-order valence-electron chi connectivity index (χ0n) is 23.7. The molecule has 1 unspecified atom stereocenters. The predicted molar refractivity (Wildman–Crippen MR) is 150 cm³/mol. The van der Waals surface area contributed by atoms with E-state index in [-0.39, 0.29) is 17.9 Å². The molecule has 42 heavy (non-hydrogen) atoms. The number of halogens is 1. The molecule has 2 heterocycles. The lowest BCUT2D eigenvalue weighted by Crippen LogP contribution is -2.34. The fraction of sp³-hybridized carbons (Fsp3) is 0.400. The van der Waals surface area contributed by atoms with E-state index in [0.717, 1.165) is 55.5 Å². The smallest absolute Gasteiger partial charge is 0.328 e. The van der Waals surface area contributed by atoms with Crippen LogP contribution in [0.15, 0.2) is 53.1 Å². The van der Waals surface area contributed by atoms with Gasteiger partial charge in [-0.2, -0.15) is 0 Å². The van der Waals surface area contributed by atoms with Gasteiger partial charge in [-0.25, -0.2) is 14.0 Å². The zero-order valence-corrected chi connectivity index (χ0v) is 23.7. The van der Waals surface area contributed by atoms with Crippen molar-refractivity contribution < 1.29 is 47.7 Å². The summed E-state index contributed by atoms with van der Waals surface area (Å²) in [5, 5.41) is 20.8. The average molecular weight is 587 g/mol. The molecule has 2 N–H and O–H groups in total. The molecule has 2 aromatic carbocycles. The second kappa shape index (κ2) is 15.5. The number of rotatable bonds is 11. The number of carbonyl (C=O) groups excluding carboxylic acids is 1. The summed E-state index contributed by atoms with van der Waals surface area (Å²) in [7, 11) is 1.60. The van der Waals surface area contributed by atoms with E-state index in [9.17, 15) is 18.8 Å². The minimum atomic E-state index is -1.26. The van der Waals surface area contributed by atoms with Gasteiger partial charge < -0.3 is 33.8 Å². The highest BCUT2D eigenvalue weighted by molar-refractivity contribution is 5.89. The van der Waals surface area contributed by atoms with Gasteiger partial charge in [0.1, 0.15) is 11.9 Å². The van der Waals surface area contributed by atoms with E-state index in [2.05, 4.69) is 10.1 Å². The molecule has 1 aromatic heterocycles. The van der Waals surface area contributed by atoms with Gasteiger partial charge in [-0.15, -0.1) is 0 Å². The van der Waals surface area contributed by atoms with Gasteiger partial charge in [-0.3, -0.25) is 4.79 Å². The molecule has 0 spiro atoms. The number of piperidine rings is 1. The SMILES string of the molecule is COc1cc(C(C)OC(C)=O)ccc1OCCCN1CCC(c2noc3cc(F)ccc23)CC1.O=C(O)C=CC(=O)O. The van der Waals surface area contributed by atoms with Crippen LogP contribution in [0.2, 0.25) is 0 Å². The van der Waals surface area contributed by atoms with Crippen molar-refractivity contribution in [1.82, 2.24) is 10.1 Å². The van der Waals surface area contributed by atoms with Crippen molar-refractivity contribution in [2.45, 2.75) is 45.1 Å². The number of hydrogen-bond acceptors (Lipinski definition) is 9. The molecular weight excluding hydrogens is 551 g/mol. The Bertz CT molecular complexity index is 1380. The van der Waals surface area contributed by atoms with Gasteiger partial charge in [0, 0.05) is 43.0 Å². The van der Waals surface area contributed by atoms with Crippen LogP contribution in [-0.4, -0.2) is 71.5 Å². The Labute approximate surface area is 242 Å². The van der Waals surface area contributed by atoms with Crippen LogP contribution < -0.4 is 9.47 Å². The Morgan fingerprint density at radius 2 is 1.79 bits per heavy atom. The number of carboxylic acids is 2. The van der Waals surface area contributed by atoms with E-state index in [1.165, 1.54) is 19.1 Å². The van der Waals surface area contributed by atoms with Crippen LogP contribution in [0, 0.1) is 5.82 Å². The number of aromatic nitrogens is 1. The van der Waals surface area contributed by atoms with E-state index in [1.54, 1.807) is 13.2 Å². The third kappa shape index (κ3) is 9.58. The molecule has 1 aliphatic rings. The molecular formula is C30H35FN2O9. The van der Waals surface area contributed by atoms with Gasteiger partial charge in [-0.05, 0) is 69.1 Å². The molecule has 0 radical (unpaired) electrons. The quantitative estimate of drug-likeness (QED) is 0.178. The fourth-order valence-electron chi connectivity index (χ4n) is 4.64. The normalized spacial score (nSPS) is 14.7. The molecule has 1 fully saturated rings. The molecule has 4 rings (SSSR count). The summed E-state index contributed by atoms with van der Waals surface area (Å²) in [5.41, 5.74) is 2.31. The van der Waals surface area contributed by atoms with Gasteiger partial charge in [0.25, 0.3) is 0 Å². The Balaban J connectivity index is 0.000000531. The average Bonchev–Trinajstić information content (AvgIpc) is 3.37. The Hall–Kier alpha value is -4.45. The van der Waals surface area contributed by atoms with Crippen LogP contribution in [0.4, 0.5) is 4.39 Å². The highest BCUT2D eigenvalue weighted by Crippen LogP contribution is 2.33. The Kier molecular flexibility index (Phi) is 11.9. The predicted octanol–water partition coefficient (Wildman–Crippen LogP) is 4.96. The van der Waals surface area contributed by atoms with E-state index in [1.807, 2.05) is 25.1 Å². The fourth-order valence-corrected chi connectivity index (χ4v) is 4.64. The Morgan fingerprint density at radius 3 is 2.40 bits per heavy atom. The number of nitrogens with zero attached hydrogens (tertiary/aromatic N) is 2. The molecule has 0 amide bonds. The van der Waals surface area contributed by atoms with Gasteiger partial charge in [0.2, 0.25) is 0 Å². The molecule has 11 nitrogen and oxygen atoms in total. The first-order chi connectivity index (χ1) is 20.1. The summed E-state index contributed by atoms with van der Waals surface area (Å²) < 4.78 is 35.4. The number of likely N-dealkylation sites (tertiary alicyclic amines) is 1. The zero-order chi connectivity index (χ0) is 30.6. The van der Waals surface area contributed by atoms with Crippen LogP contribution in [-0.2, 0) is 19.1 Å². The first-order valence-electron chi connectivity index (χ1n) is 13.5. The van der Waals surface area contributed by atoms with Gasteiger partial charge in [0.15, 0.2) is 17.1 Å². The summed E-state index contributed by atoms with van der Waals surface area (Å²) in [4.78, 5) is 32.7. The van der Waals surface area contributed by atoms with Crippen molar-refractivity contribution in [3.05, 3.63) is 65.6 Å². The number of hydrogen-bond donors (Lipinski definition) is 2. The maximum absolute atomic E-state index is 13.4. The largest absolute Gasteiger partial charge is 0.493 e. The lowest BCUT2D eigenvalue weighted by molar-refractivity contribution is -0.145. The lowest BCUT2D eigenvalue weighted by Gasteiger charge is -2.31. The molecule has 1 atom stereocenters. The number of ether oxygens (including phenoxy) is 3. The second-order valence-corrected chi connectivity index (χ2v) is 9.70. The van der Waals surface area contributed by atoms with Crippen molar-refractivity contribution in [2.24, 2.45) is 0 Å². The summed E-state index contributed by atoms with van der Waals surface area (Å²) in [6.07, 6.45) is 3.65. The lowest BCUT2D eigenvalue weighted by atomic mass is 9.91. The number of carboxylic acid groups (broad SMARTS) is 2. The number of esters is 1. The van der Waals surface area contributed by atoms with Crippen molar-refractivity contribution in [2.75, 3.05) is 33.4 Å². The number of fused-ring (bicyclic) bond motifs is 1. The van der Waals surface area contributed by atoms with Crippen LogP contribution in [0.3, 0.4) is 0 Å². The van der Waals surface area contributed by atoms with Crippen LogP contribution in [0.25, 0.3) is 11.0 Å². The standard InChI is InChI=1S/C26H31FN2O5.C4H4O4/c1-17(33-18(2)30)20-5-8-23(25(15-20)31-3)32-14-4-11-29-12-9-19(10-13-29)26-22-7-6-21(27)16-24(22)34-28-26;5-3(6)1-2-4(7)8/h5-8,15-17,19H,4,9-14H2,1-3H3;1-2H,(H,5,6)(H,7,8). The van der Waals surface area contributed by atoms with Crippen molar-refractivity contribution in [3.63, 3.8) is 0 Å². The van der Waals surface area contributed by atoms with Crippen LogP contribution in [0.1, 0.15) is 56.4 Å². The maximum atomic E-state index is 13.4. The molecule has 226 valence electrons. The number of aliphatic carboxylic acids is 2. The minimum absolute atomic E-state index is 0.308. The van der Waals surface area contributed by atoms with E-state index in [0.29, 0.717) is 41.8 Å². The molecule has 1 saturated heterocycles. The van der Waals surface area contributed by atoms with Crippen LogP contribution in [0.5, 0.6) is 11.5 Å². The molecule has 1 aliphatic heterocycles. The van der Waals surface area contributed by atoms with E-state index < -0.39 is 11.9 Å². The van der Waals surface area contributed by atoms with E-state index >= 15 is 0 Å². The summed E-state index contributed by atoms with van der Waals surface area (Å²) in [6.45, 7) is 6.70. The van der Waals surface area contributed by atoms with Crippen molar-refractivity contribution in [1.29, 1.82) is 0 Å². The number of benzene rings is 2. The topological polar surface area (TPSA) is 149 Å². The Morgan fingerprint density at radius 1 is 1.10 bits per heavy atom. The van der Waals surface area contributed by atoms with Gasteiger partial charge in [0.05, 0.1) is 19.4 Å². The first kappa shape index (κ1) is 32.1. The number of methoxy groups -OCH3 is 1. The van der Waals surface area contributed by atoms with Crippen molar-refractivity contribution in [3.8, 4) is 11.5 Å². The van der Waals surface area contributed by atoms with E-state index in [4.69, 9.17) is 28.9 Å². The third-order valence-corrected chi connectivity index (χ3v) is 6.68. The third-order valence-electron chi connectivity index (χ3n) is 6.68. The molecule has 3 aromatic rings. The first-order valence-corrected chi connectivity index (χ1v) is 13.5. The van der Waals surface area contributed by atoms with Crippen molar-refractivity contribution >= 4 is 28.9 Å². The summed E-state index contributed by atoms with van der Waals surface area (Å²) in [5.74, 6) is -1.51. The molecule has 0 bridgehead atoms. The number of carbonyl (C=O) groups is 3. The van der Waals surface area contributed by atoms with Gasteiger partial charge >= 0.3 is 17.9 Å². The monoisotopic (exact) mass is 586 g/mol. The highest BCUT2D eigenvalue weighted by Gasteiger charge is 2.25.